The van der Waals surface area contributed by atoms with Crippen LogP contribution >= 0.6 is 0 Å². The molecule has 1 aliphatic carbocycles. The number of hydrogen-bond donors (Lipinski definition) is 1. The molecule has 2 unspecified atom stereocenters. The molecule has 0 radical (unpaired) electrons. The molecular formula is C18H17F3N4O. The topological polar surface area (TPSA) is 63.6 Å². The molecule has 1 aromatic carbocycles. The largest absolute Gasteiger partial charge is 0.310 e. The highest BCUT2D eigenvalue weighted by molar-refractivity contribution is 5.73. The maximum Gasteiger partial charge on any atom is 0.270 e. The van der Waals surface area contributed by atoms with Crippen LogP contribution in [0.15, 0.2) is 23.1 Å². The van der Waals surface area contributed by atoms with Crippen LogP contribution in [0.4, 0.5) is 13.2 Å². The number of halogens is 3. The Hall–Kier alpha value is -2.64. The molecule has 0 aliphatic heterocycles. The fraction of sp³-hybridized carbons (Fsp3) is 0.389. The van der Waals surface area contributed by atoms with Crippen molar-refractivity contribution < 1.29 is 13.2 Å². The number of nitrogens with zero attached hydrogens (tertiary/aromatic N) is 3. The number of aromatic nitrogens is 4. The number of H-pyrrole nitrogens is 1. The minimum absolute atomic E-state index is 0.0751. The molecule has 26 heavy (non-hydrogen) atoms. The van der Waals surface area contributed by atoms with Gasteiger partial charge < -0.3 is 4.98 Å². The van der Waals surface area contributed by atoms with E-state index < -0.39 is 12.1 Å². The monoisotopic (exact) mass is 362 g/mol. The number of hydrogen-bond acceptors (Lipinski definition) is 3. The van der Waals surface area contributed by atoms with E-state index in [9.17, 15) is 18.0 Å². The maximum absolute atomic E-state index is 13.6. The smallest absolute Gasteiger partial charge is 0.270 e. The number of nitrogens with one attached hydrogen (secondary N) is 1. The van der Waals surface area contributed by atoms with Gasteiger partial charge >= 0.3 is 0 Å². The Morgan fingerprint density at radius 3 is 2.42 bits per heavy atom. The van der Waals surface area contributed by atoms with Crippen molar-refractivity contribution in [1.82, 2.24) is 19.7 Å². The Balaban J connectivity index is 1.85. The first kappa shape index (κ1) is 16.8. The Morgan fingerprint density at radius 1 is 1.27 bits per heavy atom. The summed E-state index contributed by atoms with van der Waals surface area (Å²) in [5.74, 6) is -3.02. The van der Waals surface area contributed by atoms with Crippen molar-refractivity contribution in [2.24, 2.45) is 0 Å². The molecule has 1 fully saturated rings. The SMILES string of the molecule is Cc1cc(C(C)(F)F)cc(C)c1-n1cc2c(=O)[nH]c(C3CC3F)nc2n1. The molecule has 5 nitrogen and oxygen atoms in total. The lowest BCUT2D eigenvalue weighted by Crippen LogP contribution is -2.10. The zero-order chi connectivity index (χ0) is 18.8. The normalized spacial score (nSPS) is 19.9. The molecule has 136 valence electrons. The molecule has 1 N–H and O–H groups in total. The number of fused-ring (bicyclic) bond motifs is 1. The van der Waals surface area contributed by atoms with E-state index in [1.165, 1.54) is 23.0 Å². The fourth-order valence-electron chi connectivity index (χ4n) is 3.24. The van der Waals surface area contributed by atoms with Gasteiger partial charge in [-0.25, -0.2) is 22.8 Å². The van der Waals surface area contributed by atoms with Gasteiger partial charge in [-0.3, -0.25) is 4.79 Å². The minimum atomic E-state index is -2.94. The molecule has 1 aliphatic rings. The summed E-state index contributed by atoms with van der Waals surface area (Å²) in [5, 5.41) is 4.60. The van der Waals surface area contributed by atoms with Crippen molar-refractivity contribution in [3.8, 4) is 5.69 Å². The second-order valence-corrected chi connectivity index (χ2v) is 6.97. The number of aryl methyl sites for hydroxylation is 2. The van der Waals surface area contributed by atoms with Crippen LogP contribution in [0, 0.1) is 13.8 Å². The molecule has 0 amide bonds. The third kappa shape index (κ3) is 2.69. The van der Waals surface area contributed by atoms with Crippen LogP contribution < -0.4 is 5.56 Å². The van der Waals surface area contributed by atoms with Crippen molar-refractivity contribution >= 4 is 11.0 Å². The van der Waals surface area contributed by atoms with E-state index in [0.29, 0.717) is 29.1 Å². The zero-order valence-corrected chi connectivity index (χ0v) is 14.5. The average Bonchev–Trinajstić information content (AvgIpc) is 3.10. The quantitative estimate of drug-likeness (QED) is 0.773. The van der Waals surface area contributed by atoms with Crippen LogP contribution in [-0.4, -0.2) is 25.9 Å². The zero-order valence-electron chi connectivity index (χ0n) is 14.5. The lowest BCUT2D eigenvalue weighted by Gasteiger charge is -2.16. The first-order chi connectivity index (χ1) is 12.1. The minimum Gasteiger partial charge on any atom is -0.310 e. The maximum atomic E-state index is 13.6. The molecule has 3 aromatic rings. The van der Waals surface area contributed by atoms with Crippen molar-refractivity contribution in [3.05, 3.63) is 51.2 Å². The molecule has 2 atom stereocenters. The summed E-state index contributed by atoms with van der Waals surface area (Å²) in [6.07, 6.45) is 0.884. The summed E-state index contributed by atoms with van der Waals surface area (Å²) in [4.78, 5) is 19.1. The van der Waals surface area contributed by atoms with Gasteiger partial charge in [0.25, 0.3) is 11.5 Å². The van der Waals surface area contributed by atoms with Gasteiger partial charge in [-0.1, -0.05) is 0 Å². The van der Waals surface area contributed by atoms with Crippen molar-refractivity contribution in [2.45, 2.75) is 45.2 Å². The molecule has 0 saturated heterocycles. The molecule has 8 heteroatoms. The predicted octanol–water partition coefficient (Wildman–Crippen LogP) is 3.66. The van der Waals surface area contributed by atoms with Crippen LogP contribution in [-0.2, 0) is 5.92 Å². The van der Waals surface area contributed by atoms with Crippen LogP contribution in [0.25, 0.3) is 16.7 Å². The van der Waals surface area contributed by atoms with Crippen molar-refractivity contribution in [2.75, 3.05) is 0 Å². The highest BCUT2D eigenvalue weighted by Crippen LogP contribution is 2.41. The highest BCUT2D eigenvalue weighted by atomic mass is 19.3. The summed E-state index contributed by atoms with van der Waals surface area (Å²) in [6, 6.07) is 2.82. The van der Waals surface area contributed by atoms with Gasteiger partial charge in [0.15, 0.2) is 5.65 Å². The Bertz CT molecular complexity index is 1060. The highest BCUT2D eigenvalue weighted by Gasteiger charge is 2.41. The van der Waals surface area contributed by atoms with Crippen molar-refractivity contribution in [1.29, 1.82) is 0 Å². The van der Waals surface area contributed by atoms with E-state index in [4.69, 9.17) is 0 Å². The molecule has 0 spiro atoms. The van der Waals surface area contributed by atoms with Gasteiger partial charge in [0.05, 0.1) is 11.6 Å². The Labute approximate surface area is 146 Å². The van der Waals surface area contributed by atoms with Crippen LogP contribution in [0.1, 0.15) is 41.8 Å². The van der Waals surface area contributed by atoms with Gasteiger partial charge in [-0.05, 0) is 43.5 Å². The predicted molar refractivity (Wildman–Crippen MR) is 90.8 cm³/mol. The lowest BCUT2D eigenvalue weighted by molar-refractivity contribution is 0.0173. The number of aromatic amines is 1. The number of alkyl halides is 3. The van der Waals surface area contributed by atoms with Crippen LogP contribution in [0.3, 0.4) is 0 Å². The molecule has 4 rings (SSSR count). The average molecular weight is 362 g/mol. The Kier molecular flexibility index (Phi) is 3.51. The van der Waals surface area contributed by atoms with Crippen LogP contribution in [0.5, 0.6) is 0 Å². The van der Waals surface area contributed by atoms with Gasteiger partial charge in [0.2, 0.25) is 0 Å². The molecule has 1 saturated carbocycles. The second-order valence-electron chi connectivity index (χ2n) is 6.97. The van der Waals surface area contributed by atoms with Gasteiger partial charge in [0, 0.05) is 18.7 Å². The fourth-order valence-corrected chi connectivity index (χ4v) is 3.24. The van der Waals surface area contributed by atoms with Crippen LogP contribution in [0.2, 0.25) is 0 Å². The second kappa shape index (κ2) is 5.43. The summed E-state index contributed by atoms with van der Waals surface area (Å²) >= 11 is 0. The van der Waals surface area contributed by atoms with Gasteiger partial charge in [-0.15, -0.1) is 5.10 Å². The Morgan fingerprint density at radius 2 is 1.88 bits per heavy atom. The summed E-state index contributed by atoms with van der Waals surface area (Å²) in [6.45, 7) is 4.28. The summed E-state index contributed by atoms with van der Waals surface area (Å²) < 4.78 is 42.0. The van der Waals surface area contributed by atoms with E-state index in [1.807, 2.05) is 0 Å². The molecule has 2 aromatic heterocycles. The first-order valence-corrected chi connectivity index (χ1v) is 8.28. The molecular weight excluding hydrogens is 345 g/mol. The van der Waals surface area contributed by atoms with Gasteiger partial charge in [-0.2, -0.15) is 0 Å². The standard InChI is InChI=1S/C18H17F3N4O/c1-8-4-10(18(3,20)21)5-9(2)14(8)25-7-12-16(24-25)22-15(23-17(12)26)11-6-13(11)19/h4-5,7,11,13H,6H2,1-3H3,(H,22,23,24,26). The summed E-state index contributed by atoms with van der Waals surface area (Å²) in [5.41, 5.74) is 1.59. The number of rotatable bonds is 3. The van der Waals surface area contributed by atoms with E-state index >= 15 is 0 Å². The van der Waals surface area contributed by atoms with E-state index in [0.717, 1.165) is 6.92 Å². The molecule has 2 heterocycles. The van der Waals surface area contributed by atoms with Crippen molar-refractivity contribution in [3.63, 3.8) is 0 Å². The summed E-state index contributed by atoms with van der Waals surface area (Å²) in [7, 11) is 0. The third-order valence-electron chi connectivity index (χ3n) is 4.70. The first-order valence-electron chi connectivity index (χ1n) is 8.28. The lowest BCUT2D eigenvalue weighted by atomic mass is 10.0. The van der Waals surface area contributed by atoms with E-state index in [-0.39, 0.29) is 28.1 Å². The van der Waals surface area contributed by atoms with Gasteiger partial charge in [0.1, 0.15) is 17.4 Å². The van der Waals surface area contributed by atoms with E-state index in [2.05, 4.69) is 15.1 Å². The molecule has 0 bridgehead atoms. The van der Waals surface area contributed by atoms with E-state index in [1.54, 1.807) is 13.8 Å². The number of benzene rings is 1. The third-order valence-corrected chi connectivity index (χ3v) is 4.70.